The molecule has 2 aromatic heterocycles. The molecule has 0 aliphatic heterocycles. The van der Waals surface area contributed by atoms with Gasteiger partial charge in [-0.2, -0.15) is 0 Å². The van der Waals surface area contributed by atoms with Crippen LogP contribution in [0.2, 0.25) is 5.15 Å². The third-order valence-electron chi connectivity index (χ3n) is 1.49. The summed E-state index contributed by atoms with van der Waals surface area (Å²) in [5, 5.41) is 1.02. The summed E-state index contributed by atoms with van der Waals surface area (Å²) < 4.78 is 0. The number of H-pyrrole nitrogens is 1. The molecule has 0 radical (unpaired) electrons. The van der Waals surface area contributed by atoms with Crippen LogP contribution in [0.1, 0.15) is 10.6 Å². The van der Waals surface area contributed by atoms with Crippen LogP contribution in [0.25, 0.3) is 11.0 Å². The first kappa shape index (κ1) is 7.24. The van der Waals surface area contributed by atoms with Gasteiger partial charge in [0.05, 0.1) is 5.39 Å². The molecule has 1 N–H and O–H groups in total. The van der Waals surface area contributed by atoms with E-state index in [0.29, 0.717) is 17.1 Å². The Hall–Kier alpha value is -1.42. The fourth-order valence-corrected chi connectivity index (χ4v) is 1.21. The van der Waals surface area contributed by atoms with Crippen molar-refractivity contribution in [2.24, 2.45) is 0 Å². The molecule has 12 heavy (non-hydrogen) atoms. The van der Waals surface area contributed by atoms with Crippen LogP contribution in [0, 0.1) is 0 Å². The Balaban J connectivity index is 2.83. The number of nitrogens with zero attached hydrogens (tertiary/aromatic N) is 2. The highest BCUT2D eigenvalue weighted by molar-refractivity contribution is 6.34. The fourth-order valence-electron chi connectivity index (χ4n) is 0.973. The molecule has 0 saturated heterocycles. The maximum Gasteiger partial charge on any atom is 0.196 e. The lowest BCUT2D eigenvalue weighted by atomic mass is 10.4. The zero-order chi connectivity index (χ0) is 8.55. The third kappa shape index (κ3) is 0.967. The van der Waals surface area contributed by atoms with Crippen molar-refractivity contribution in [2.75, 3.05) is 0 Å². The number of carbonyl (C=O) groups is 1. The Morgan fingerprint density at radius 2 is 2.33 bits per heavy atom. The molecule has 4 nitrogen and oxygen atoms in total. The Labute approximate surface area is 72.6 Å². The zero-order valence-corrected chi connectivity index (χ0v) is 6.67. The minimum atomic E-state index is 0.0925. The molecular formula is C7H4ClN3O. The van der Waals surface area contributed by atoms with E-state index in [2.05, 4.69) is 15.0 Å². The number of aldehydes is 1. The zero-order valence-electron chi connectivity index (χ0n) is 5.91. The van der Waals surface area contributed by atoms with Crippen LogP contribution in [0.5, 0.6) is 0 Å². The van der Waals surface area contributed by atoms with E-state index in [-0.39, 0.29) is 5.82 Å². The highest BCUT2D eigenvalue weighted by Gasteiger charge is 2.04. The monoisotopic (exact) mass is 181 g/mol. The summed E-state index contributed by atoms with van der Waals surface area (Å²) in [5.74, 6) is 0.0925. The summed E-state index contributed by atoms with van der Waals surface area (Å²) >= 11 is 5.75. The van der Waals surface area contributed by atoms with Gasteiger partial charge in [0.1, 0.15) is 10.8 Å². The van der Waals surface area contributed by atoms with E-state index in [9.17, 15) is 4.79 Å². The van der Waals surface area contributed by atoms with Crippen LogP contribution in [-0.2, 0) is 0 Å². The molecule has 0 aliphatic rings. The van der Waals surface area contributed by atoms with Gasteiger partial charge in [-0.15, -0.1) is 0 Å². The maximum absolute atomic E-state index is 10.3. The van der Waals surface area contributed by atoms with Crippen molar-refractivity contribution in [1.29, 1.82) is 0 Å². The summed E-state index contributed by atoms with van der Waals surface area (Å²) in [4.78, 5) is 20.8. The van der Waals surface area contributed by atoms with Crippen molar-refractivity contribution in [2.45, 2.75) is 0 Å². The van der Waals surface area contributed by atoms with Crippen LogP contribution in [0.15, 0.2) is 12.3 Å². The number of hydrogen-bond acceptors (Lipinski definition) is 3. The molecule has 0 unspecified atom stereocenters. The summed E-state index contributed by atoms with van der Waals surface area (Å²) in [5.41, 5.74) is 0.581. The van der Waals surface area contributed by atoms with Crippen LogP contribution >= 0.6 is 11.6 Å². The Kier molecular flexibility index (Phi) is 1.55. The summed E-state index contributed by atoms with van der Waals surface area (Å²) in [7, 11) is 0. The van der Waals surface area contributed by atoms with Crippen LogP contribution in [0.3, 0.4) is 0 Å². The van der Waals surface area contributed by atoms with Crippen molar-refractivity contribution in [3.8, 4) is 0 Å². The molecule has 0 aromatic carbocycles. The van der Waals surface area contributed by atoms with Crippen LogP contribution < -0.4 is 0 Å². The molecule has 0 aliphatic carbocycles. The average molecular weight is 182 g/mol. The van der Waals surface area contributed by atoms with Gasteiger partial charge in [-0.1, -0.05) is 11.6 Å². The number of aromatic amines is 1. The van der Waals surface area contributed by atoms with Gasteiger partial charge in [0, 0.05) is 6.20 Å². The summed E-state index contributed by atoms with van der Waals surface area (Å²) in [6.45, 7) is 0. The summed E-state index contributed by atoms with van der Waals surface area (Å²) in [6, 6.07) is 1.76. The standard InChI is InChI=1S/C7H4ClN3O/c8-6-4-1-2-9-7(4)11-5(3-12)10-6/h1-3H,(H,9,10,11). The quantitative estimate of drug-likeness (QED) is 0.535. The number of rotatable bonds is 1. The topological polar surface area (TPSA) is 58.6 Å². The van der Waals surface area contributed by atoms with Crippen molar-refractivity contribution in [1.82, 2.24) is 15.0 Å². The molecule has 0 amide bonds. The molecule has 5 heteroatoms. The molecule has 0 spiro atoms. The van der Waals surface area contributed by atoms with E-state index in [4.69, 9.17) is 11.6 Å². The second-order valence-electron chi connectivity index (χ2n) is 2.23. The Bertz CT molecular complexity index is 437. The van der Waals surface area contributed by atoms with Crippen LogP contribution in [0.4, 0.5) is 0 Å². The Morgan fingerprint density at radius 3 is 3.08 bits per heavy atom. The van der Waals surface area contributed by atoms with Crippen molar-refractivity contribution < 1.29 is 4.79 Å². The van der Waals surface area contributed by atoms with E-state index in [1.54, 1.807) is 12.3 Å². The number of halogens is 1. The highest BCUT2D eigenvalue weighted by atomic mass is 35.5. The molecular weight excluding hydrogens is 178 g/mol. The predicted molar refractivity (Wildman–Crippen MR) is 44.3 cm³/mol. The third-order valence-corrected chi connectivity index (χ3v) is 1.78. The van der Waals surface area contributed by atoms with E-state index < -0.39 is 0 Å². The van der Waals surface area contributed by atoms with Crippen molar-refractivity contribution >= 4 is 28.9 Å². The maximum atomic E-state index is 10.3. The van der Waals surface area contributed by atoms with Crippen molar-refractivity contribution in [3.63, 3.8) is 0 Å². The SMILES string of the molecule is O=Cc1nc(Cl)c2cc[nH]c2n1. The van der Waals surface area contributed by atoms with E-state index in [1.807, 2.05) is 0 Å². The van der Waals surface area contributed by atoms with Gasteiger partial charge in [0.25, 0.3) is 0 Å². The summed E-state index contributed by atoms with van der Waals surface area (Å²) in [6.07, 6.45) is 2.26. The molecule has 0 fully saturated rings. The number of hydrogen-bond donors (Lipinski definition) is 1. The molecule has 0 atom stereocenters. The predicted octanol–water partition coefficient (Wildman–Crippen LogP) is 1.42. The first-order chi connectivity index (χ1) is 5.81. The van der Waals surface area contributed by atoms with E-state index in [0.717, 1.165) is 5.39 Å². The second kappa shape index (κ2) is 2.57. The van der Waals surface area contributed by atoms with Gasteiger partial charge >= 0.3 is 0 Å². The minimum Gasteiger partial charge on any atom is -0.346 e. The normalized spacial score (nSPS) is 10.4. The second-order valence-corrected chi connectivity index (χ2v) is 2.59. The number of aromatic nitrogens is 3. The molecule has 2 aromatic rings. The van der Waals surface area contributed by atoms with Gasteiger partial charge in [-0.25, -0.2) is 9.97 Å². The highest BCUT2D eigenvalue weighted by Crippen LogP contribution is 2.17. The molecule has 0 bridgehead atoms. The first-order valence-corrected chi connectivity index (χ1v) is 3.65. The van der Waals surface area contributed by atoms with Crippen molar-refractivity contribution in [3.05, 3.63) is 23.2 Å². The lowest BCUT2D eigenvalue weighted by Crippen LogP contribution is -1.92. The first-order valence-electron chi connectivity index (χ1n) is 3.27. The molecule has 60 valence electrons. The van der Waals surface area contributed by atoms with Gasteiger partial charge < -0.3 is 4.98 Å². The Morgan fingerprint density at radius 1 is 1.50 bits per heavy atom. The van der Waals surface area contributed by atoms with Gasteiger partial charge in [-0.05, 0) is 6.07 Å². The van der Waals surface area contributed by atoms with Crippen LogP contribution in [-0.4, -0.2) is 21.2 Å². The number of carbonyl (C=O) groups excluding carboxylic acids is 1. The smallest absolute Gasteiger partial charge is 0.196 e. The largest absolute Gasteiger partial charge is 0.346 e. The fraction of sp³-hybridized carbons (Fsp3) is 0. The van der Waals surface area contributed by atoms with E-state index in [1.165, 1.54) is 0 Å². The number of nitrogens with one attached hydrogen (secondary N) is 1. The minimum absolute atomic E-state index is 0.0925. The molecule has 2 rings (SSSR count). The lowest BCUT2D eigenvalue weighted by molar-refractivity contribution is 0.111. The van der Waals surface area contributed by atoms with Gasteiger partial charge in [0.2, 0.25) is 0 Å². The molecule has 0 saturated carbocycles. The van der Waals surface area contributed by atoms with E-state index >= 15 is 0 Å². The lowest BCUT2D eigenvalue weighted by Gasteiger charge is -1.93. The van der Waals surface area contributed by atoms with Gasteiger partial charge in [-0.3, -0.25) is 4.79 Å². The van der Waals surface area contributed by atoms with Gasteiger partial charge in [0.15, 0.2) is 12.1 Å². The molecule has 2 heterocycles. The number of fused-ring (bicyclic) bond motifs is 1. The average Bonchev–Trinajstić information content (AvgIpc) is 2.52.